The van der Waals surface area contributed by atoms with E-state index in [1.54, 1.807) is 7.11 Å². The van der Waals surface area contributed by atoms with E-state index in [0.29, 0.717) is 5.92 Å². The Balaban J connectivity index is 1.35. The van der Waals surface area contributed by atoms with Gasteiger partial charge in [-0.15, -0.1) is 11.3 Å². The topological polar surface area (TPSA) is 37.4 Å². The molecule has 1 saturated heterocycles. The van der Waals surface area contributed by atoms with Gasteiger partial charge < -0.3 is 15.0 Å². The van der Waals surface area contributed by atoms with Crippen LogP contribution in [0.5, 0.6) is 5.75 Å². The van der Waals surface area contributed by atoms with Gasteiger partial charge in [0.05, 0.1) is 22.3 Å². The van der Waals surface area contributed by atoms with Crippen molar-refractivity contribution in [1.82, 2.24) is 9.88 Å². The Labute approximate surface area is 162 Å². The molecule has 0 atom stereocenters. The van der Waals surface area contributed by atoms with Gasteiger partial charge in [0.2, 0.25) is 0 Å². The summed E-state index contributed by atoms with van der Waals surface area (Å²) in [6.45, 7) is 1.92. The summed E-state index contributed by atoms with van der Waals surface area (Å²) in [5.41, 5.74) is 2.11. The van der Waals surface area contributed by atoms with Gasteiger partial charge in [-0.25, -0.2) is 4.98 Å². The molecule has 1 N–H and O–H groups in total. The number of anilines is 1. The normalized spacial score (nSPS) is 15.2. The van der Waals surface area contributed by atoms with Crippen LogP contribution in [0, 0.1) is 0 Å². The first-order chi connectivity index (χ1) is 12.7. The van der Waals surface area contributed by atoms with E-state index in [0.717, 1.165) is 48.0 Å². The third-order valence-corrected chi connectivity index (χ3v) is 6.34. The molecule has 0 aliphatic carbocycles. The van der Waals surface area contributed by atoms with E-state index in [-0.39, 0.29) is 0 Å². The number of benzene rings is 2. The van der Waals surface area contributed by atoms with Gasteiger partial charge in [-0.3, -0.25) is 0 Å². The number of likely N-dealkylation sites (tertiary alicyclic amines) is 1. The molecule has 0 saturated carbocycles. The second kappa shape index (κ2) is 7.60. The molecule has 0 amide bonds. The van der Waals surface area contributed by atoms with Gasteiger partial charge in [0, 0.05) is 24.7 Å². The zero-order valence-corrected chi connectivity index (χ0v) is 16.3. The maximum Gasteiger partial charge on any atom is 0.173 e. The fourth-order valence-electron chi connectivity index (χ4n) is 3.27. The summed E-state index contributed by atoms with van der Waals surface area (Å²) in [6.07, 6.45) is 2.18. The Morgan fingerprint density at radius 1 is 1.15 bits per heavy atom. The summed E-state index contributed by atoms with van der Waals surface area (Å²) in [7, 11) is 1.67. The lowest BCUT2D eigenvalue weighted by Crippen LogP contribution is -2.40. The number of hydrogen-bond acceptors (Lipinski definition) is 4. The predicted octanol–water partition coefficient (Wildman–Crippen LogP) is 4.88. The first-order valence-electron chi connectivity index (χ1n) is 8.78. The quantitative estimate of drug-likeness (QED) is 0.653. The molecular weight excluding hydrogens is 362 g/mol. The fraction of sp³-hybridized carbons (Fsp3) is 0.300. The lowest BCUT2D eigenvalue weighted by atomic mass is 9.98. The molecule has 1 aliphatic rings. The molecule has 1 aliphatic heterocycles. The monoisotopic (exact) mass is 383 g/mol. The molecule has 2 heterocycles. The molecule has 0 radical (unpaired) electrons. The average molecular weight is 384 g/mol. The minimum Gasteiger partial charge on any atom is -0.497 e. The molecule has 1 aromatic heterocycles. The van der Waals surface area contributed by atoms with Gasteiger partial charge in [-0.1, -0.05) is 12.1 Å². The Bertz CT molecular complexity index is 866. The number of hydrogen-bond donors (Lipinski definition) is 1. The van der Waals surface area contributed by atoms with Crippen LogP contribution in [0.25, 0.3) is 10.2 Å². The van der Waals surface area contributed by atoms with Crippen LogP contribution in [0.15, 0.2) is 48.5 Å². The number of nitrogens with zero attached hydrogens (tertiary/aromatic N) is 2. The second-order valence-electron chi connectivity index (χ2n) is 6.44. The van der Waals surface area contributed by atoms with Crippen molar-refractivity contribution in [2.75, 3.05) is 25.5 Å². The van der Waals surface area contributed by atoms with Gasteiger partial charge >= 0.3 is 0 Å². The van der Waals surface area contributed by atoms with E-state index >= 15 is 0 Å². The molecule has 6 heteroatoms. The average Bonchev–Trinajstić information content (AvgIpc) is 3.13. The summed E-state index contributed by atoms with van der Waals surface area (Å²) in [5, 5.41) is 5.38. The zero-order chi connectivity index (χ0) is 17.9. The SMILES string of the molecule is COc1ccc(NC(=S)N2CCC(c3nc4ccccc4s3)CC2)cc1. The molecular formula is C20H21N3OS2. The molecule has 1 fully saturated rings. The Hall–Kier alpha value is -2.18. The number of nitrogens with one attached hydrogen (secondary N) is 1. The van der Waals surface area contributed by atoms with E-state index < -0.39 is 0 Å². The molecule has 4 nitrogen and oxygen atoms in total. The summed E-state index contributed by atoms with van der Waals surface area (Å²) >= 11 is 7.43. The van der Waals surface area contributed by atoms with E-state index in [2.05, 4.69) is 34.5 Å². The van der Waals surface area contributed by atoms with Crippen molar-refractivity contribution in [3.8, 4) is 5.75 Å². The first-order valence-corrected chi connectivity index (χ1v) is 10.0. The number of aromatic nitrogens is 1. The molecule has 26 heavy (non-hydrogen) atoms. The van der Waals surface area contributed by atoms with Crippen LogP contribution in [0.4, 0.5) is 5.69 Å². The maximum absolute atomic E-state index is 5.60. The lowest BCUT2D eigenvalue weighted by molar-refractivity contribution is 0.316. The van der Waals surface area contributed by atoms with Crippen molar-refractivity contribution in [2.24, 2.45) is 0 Å². The summed E-state index contributed by atoms with van der Waals surface area (Å²) in [5.74, 6) is 1.38. The van der Waals surface area contributed by atoms with Crippen molar-refractivity contribution in [2.45, 2.75) is 18.8 Å². The standard InChI is InChI=1S/C20H21N3OS2/c1-24-16-8-6-15(7-9-16)21-20(25)23-12-10-14(11-13-23)19-22-17-4-2-3-5-18(17)26-19/h2-9,14H,10-13H2,1H3,(H,21,25). The van der Waals surface area contributed by atoms with Crippen molar-refractivity contribution in [3.63, 3.8) is 0 Å². The molecule has 4 rings (SSSR count). The first kappa shape index (κ1) is 17.2. The van der Waals surface area contributed by atoms with Crippen LogP contribution in [0.1, 0.15) is 23.8 Å². The van der Waals surface area contributed by atoms with E-state index in [1.165, 1.54) is 9.71 Å². The number of methoxy groups -OCH3 is 1. The third kappa shape index (κ3) is 3.66. The largest absolute Gasteiger partial charge is 0.497 e. The maximum atomic E-state index is 5.60. The van der Waals surface area contributed by atoms with Crippen LogP contribution < -0.4 is 10.1 Å². The van der Waals surface area contributed by atoms with Crippen molar-refractivity contribution in [3.05, 3.63) is 53.5 Å². The molecule has 2 aromatic carbocycles. The van der Waals surface area contributed by atoms with Crippen LogP contribution in [-0.4, -0.2) is 35.2 Å². The molecule has 0 bridgehead atoms. The Kier molecular flexibility index (Phi) is 5.04. The molecule has 134 valence electrons. The highest BCUT2D eigenvalue weighted by atomic mass is 32.1. The Morgan fingerprint density at radius 2 is 1.88 bits per heavy atom. The number of ether oxygens (including phenoxy) is 1. The van der Waals surface area contributed by atoms with Gasteiger partial charge in [-0.2, -0.15) is 0 Å². The number of rotatable bonds is 3. The number of piperidine rings is 1. The molecule has 0 unspecified atom stereocenters. The molecule has 0 spiro atoms. The van der Waals surface area contributed by atoms with Crippen LogP contribution >= 0.6 is 23.6 Å². The van der Waals surface area contributed by atoms with Crippen molar-refractivity contribution >= 4 is 44.6 Å². The minimum atomic E-state index is 0.535. The van der Waals surface area contributed by atoms with Gasteiger partial charge in [0.15, 0.2) is 5.11 Å². The van der Waals surface area contributed by atoms with E-state index in [9.17, 15) is 0 Å². The minimum absolute atomic E-state index is 0.535. The summed E-state index contributed by atoms with van der Waals surface area (Å²) < 4.78 is 6.47. The number of para-hydroxylation sites is 1. The highest BCUT2D eigenvalue weighted by Crippen LogP contribution is 2.33. The van der Waals surface area contributed by atoms with Crippen molar-refractivity contribution in [1.29, 1.82) is 0 Å². The van der Waals surface area contributed by atoms with Gasteiger partial charge in [-0.05, 0) is 61.5 Å². The van der Waals surface area contributed by atoms with Gasteiger partial charge in [0.25, 0.3) is 0 Å². The second-order valence-corrected chi connectivity index (χ2v) is 7.89. The van der Waals surface area contributed by atoms with Crippen LogP contribution in [-0.2, 0) is 0 Å². The number of thiocarbonyl (C=S) groups is 1. The fourth-order valence-corrected chi connectivity index (χ4v) is 4.71. The highest BCUT2D eigenvalue weighted by molar-refractivity contribution is 7.80. The molecule has 3 aromatic rings. The Morgan fingerprint density at radius 3 is 2.58 bits per heavy atom. The lowest BCUT2D eigenvalue weighted by Gasteiger charge is -2.33. The van der Waals surface area contributed by atoms with Crippen molar-refractivity contribution < 1.29 is 4.74 Å². The highest BCUT2D eigenvalue weighted by Gasteiger charge is 2.24. The summed E-state index contributed by atoms with van der Waals surface area (Å²) in [6, 6.07) is 16.2. The third-order valence-electron chi connectivity index (χ3n) is 4.78. The van der Waals surface area contributed by atoms with E-state index in [4.69, 9.17) is 21.9 Å². The van der Waals surface area contributed by atoms with Crippen LogP contribution in [0.3, 0.4) is 0 Å². The zero-order valence-electron chi connectivity index (χ0n) is 14.6. The number of thiazole rings is 1. The van der Waals surface area contributed by atoms with Crippen LogP contribution in [0.2, 0.25) is 0 Å². The van der Waals surface area contributed by atoms with Gasteiger partial charge in [0.1, 0.15) is 5.75 Å². The number of fused-ring (bicyclic) bond motifs is 1. The van der Waals surface area contributed by atoms with E-state index in [1.807, 2.05) is 35.6 Å². The smallest absolute Gasteiger partial charge is 0.173 e. The summed E-state index contributed by atoms with van der Waals surface area (Å²) in [4.78, 5) is 7.08. The predicted molar refractivity (Wildman–Crippen MR) is 112 cm³/mol.